The molecule has 0 radical (unpaired) electrons. The molecule has 4 heteroatoms. The van der Waals surface area contributed by atoms with Crippen molar-refractivity contribution in [1.82, 2.24) is 19.9 Å². The van der Waals surface area contributed by atoms with Crippen molar-refractivity contribution in [2.24, 2.45) is 0 Å². The highest BCUT2D eigenvalue weighted by Crippen LogP contribution is 2.25. The molecule has 0 saturated heterocycles. The molecule has 0 fully saturated rings. The molecule has 0 aliphatic carbocycles. The molecular formula is C21H16N4. The van der Waals surface area contributed by atoms with Crippen LogP contribution in [0.15, 0.2) is 79.1 Å². The molecule has 4 rings (SSSR count). The maximum Gasteiger partial charge on any atom is 0.165 e. The van der Waals surface area contributed by atoms with E-state index in [-0.39, 0.29) is 0 Å². The quantitative estimate of drug-likeness (QED) is 0.553. The molecule has 0 spiro atoms. The van der Waals surface area contributed by atoms with E-state index >= 15 is 0 Å². The minimum atomic E-state index is 0.640. The van der Waals surface area contributed by atoms with Crippen molar-refractivity contribution in [1.29, 1.82) is 0 Å². The van der Waals surface area contributed by atoms with Crippen LogP contribution in [0.5, 0.6) is 0 Å². The fourth-order valence-corrected chi connectivity index (χ4v) is 2.70. The van der Waals surface area contributed by atoms with Crippen LogP contribution in [-0.4, -0.2) is 19.9 Å². The Hall–Kier alpha value is -3.40. The van der Waals surface area contributed by atoms with Crippen molar-refractivity contribution in [3.05, 3.63) is 84.9 Å². The number of hydrogen-bond acceptors (Lipinski definition) is 4. The fourth-order valence-electron chi connectivity index (χ4n) is 2.70. The van der Waals surface area contributed by atoms with E-state index in [1.54, 1.807) is 12.4 Å². The standard InChI is InChI=1S/C21H16N4/c1-15-23-20(25-21(24-15)19-11-6-12-22-14-19)18-10-5-9-17(13-18)16-7-3-2-4-8-16/h2-14H,1H3. The summed E-state index contributed by atoms with van der Waals surface area (Å²) in [4.78, 5) is 17.8. The summed E-state index contributed by atoms with van der Waals surface area (Å²) < 4.78 is 0. The Morgan fingerprint density at radius 3 is 2.04 bits per heavy atom. The fraction of sp³-hybridized carbons (Fsp3) is 0.0476. The molecule has 0 unspecified atom stereocenters. The number of pyridine rings is 1. The summed E-state index contributed by atoms with van der Waals surface area (Å²) >= 11 is 0. The van der Waals surface area contributed by atoms with Crippen molar-refractivity contribution in [3.8, 4) is 33.9 Å². The molecule has 0 saturated carbocycles. The average Bonchev–Trinajstić information content (AvgIpc) is 2.69. The second-order valence-corrected chi connectivity index (χ2v) is 5.72. The lowest BCUT2D eigenvalue weighted by Crippen LogP contribution is -1.99. The van der Waals surface area contributed by atoms with Crippen LogP contribution in [0.1, 0.15) is 5.82 Å². The third kappa shape index (κ3) is 3.28. The van der Waals surface area contributed by atoms with Crippen LogP contribution in [0, 0.1) is 6.92 Å². The van der Waals surface area contributed by atoms with Crippen LogP contribution in [0.3, 0.4) is 0 Å². The van der Waals surface area contributed by atoms with Crippen molar-refractivity contribution in [3.63, 3.8) is 0 Å². The van der Waals surface area contributed by atoms with E-state index in [4.69, 9.17) is 0 Å². The smallest absolute Gasteiger partial charge is 0.165 e. The highest BCUT2D eigenvalue weighted by atomic mass is 15.0. The molecule has 4 aromatic rings. The van der Waals surface area contributed by atoms with E-state index in [0.29, 0.717) is 17.5 Å². The Kier molecular flexibility index (Phi) is 4.01. The van der Waals surface area contributed by atoms with Crippen LogP contribution < -0.4 is 0 Å². The van der Waals surface area contributed by atoms with Gasteiger partial charge in [0.1, 0.15) is 5.82 Å². The van der Waals surface area contributed by atoms with Crippen LogP contribution >= 0.6 is 0 Å². The second-order valence-electron chi connectivity index (χ2n) is 5.72. The zero-order valence-corrected chi connectivity index (χ0v) is 13.8. The lowest BCUT2D eigenvalue weighted by atomic mass is 10.0. The van der Waals surface area contributed by atoms with Crippen LogP contribution in [-0.2, 0) is 0 Å². The summed E-state index contributed by atoms with van der Waals surface area (Å²) in [5.41, 5.74) is 4.16. The first-order chi connectivity index (χ1) is 12.3. The van der Waals surface area contributed by atoms with E-state index in [9.17, 15) is 0 Å². The molecule has 0 aliphatic heterocycles. The lowest BCUT2D eigenvalue weighted by molar-refractivity contribution is 0.990. The number of nitrogens with zero attached hydrogens (tertiary/aromatic N) is 4. The Morgan fingerprint density at radius 1 is 0.600 bits per heavy atom. The minimum Gasteiger partial charge on any atom is -0.264 e. The van der Waals surface area contributed by atoms with E-state index < -0.39 is 0 Å². The maximum atomic E-state index is 4.65. The maximum absolute atomic E-state index is 4.65. The minimum absolute atomic E-state index is 0.640. The molecule has 0 bridgehead atoms. The van der Waals surface area contributed by atoms with Crippen molar-refractivity contribution >= 4 is 0 Å². The molecule has 0 atom stereocenters. The highest BCUT2D eigenvalue weighted by Gasteiger charge is 2.09. The topological polar surface area (TPSA) is 51.6 Å². The first-order valence-corrected chi connectivity index (χ1v) is 8.08. The number of aryl methyl sites for hydroxylation is 1. The van der Waals surface area contributed by atoms with Gasteiger partial charge in [0.25, 0.3) is 0 Å². The van der Waals surface area contributed by atoms with Gasteiger partial charge in [0.15, 0.2) is 11.6 Å². The normalized spacial score (nSPS) is 10.6. The summed E-state index contributed by atoms with van der Waals surface area (Å²) in [7, 11) is 0. The van der Waals surface area contributed by atoms with Gasteiger partial charge in [0.05, 0.1) is 0 Å². The zero-order chi connectivity index (χ0) is 17.1. The Bertz CT molecular complexity index is 999. The van der Waals surface area contributed by atoms with Gasteiger partial charge < -0.3 is 0 Å². The number of rotatable bonds is 3. The summed E-state index contributed by atoms with van der Waals surface area (Å²) in [6, 6.07) is 22.4. The molecule has 2 aromatic heterocycles. The molecule has 2 heterocycles. The molecule has 2 aromatic carbocycles. The van der Waals surface area contributed by atoms with Gasteiger partial charge in [-0.15, -0.1) is 0 Å². The molecule has 0 aliphatic rings. The number of hydrogen-bond donors (Lipinski definition) is 0. The van der Waals surface area contributed by atoms with Gasteiger partial charge in [0, 0.05) is 23.5 Å². The molecule has 0 N–H and O–H groups in total. The van der Waals surface area contributed by atoms with E-state index in [2.05, 4.69) is 44.2 Å². The van der Waals surface area contributed by atoms with Gasteiger partial charge in [0.2, 0.25) is 0 Å². The van der Waals surface area contributed by atoms with Crippen LogP contribution in [0.4, 0.5) is 0 Å². The third-order valence-electron chi connectivity index (χ3n) is 3.89. The van der Waals surface area contributed by atoms with Gasteiger partial charge in [-0.3, -0.25) is 4.98 Å². The predicted octanol–water partition coefficient (Wildman–Crippen LogP) is 4.58. The molecule has 120 valence electrons. The van der Waals surface area contributed by atoms with Crippen LogP contribution in [0.25, 0.3) is 33.9 Å². The second kappa shape index (κ2) is 6.61. The Labute approximate surface area is 146 Å². The van der Waals surface area contributed by atoms with Gasteiger partial charge in [-0.2, -0.15) is 0 Å². The largest absolute Gasteiger partial charge is 0.264 e. The Balaban J connectivity index is 1.79. The van der Waals surface area contributed by atoms with Gasteiger partial charge in [-0.25, -0.2) is 15.0 Å². The number of benzene rings is 2. The number of aromatic nitrogens is 4. The van der Waals surface area contributed by atoms with Crippen molar-refractivity contribution < 1.29 is 0 Å². The average molecular weight is 324 g/mol. The Morgan fingerprint density at radius 2 is 1.28 bits per heavy atom. The molecule has 25 heavy (non-hydrogen) atoms. The highest BCUT2D eigenvalue weighted by molar-refractivity contribution is 5.70. The lowest BCUT2D eigenvalue weighted by Gasteiger charge is -2.07. The summed E-state index contributed by atoms with van der Waals surface area (Å²) in [5, 5.41) is 0. The first-order valence-electron chi connectivity index (χ1n) is 8.08. The predicted molar refractivity (Wildman–Crippen MR) is 98.7 cm³/mol. The monoisotopic (exact) mass is 324 g/mol. The van der Waals surface area contributed by atoms with Gasteiger partial charge in [-0.1, -0.05) is 48.5 Å². The third-order valence-corrected chi connectivity index (χ3v) is 3.89. The van der Waals surface area contributed by atoms with Crippen molar-refractivity contribution in [2.75, 3.05) is 0 Å². The SMILES string of the molecule is Cc1nc(-c2cccnc2)nc(-c2cccc(-c3ccccc3)c2)n1. The first kappa shape index (κ1) is 15.1. The zero-order valence-electron chi connectivity index (χ0n) is 13.8. The molecule has 4 nitrogen and oxygen atoms in total. The van der Waals surface area contributed by atoms with E-state index in [0.717, 1.165) is 16.7 Å². The summed E-state index contributed by atoms with van der Waals surface area (Å²) in [6.07, 6.45) is 3.50. The van der Waals surface area contributed by atoms with Crippen molar-refractivity contribution in [2.45, 2.75) is 6.92 Å². The van der Waals surface area contributed by atoms with Gasteiger partial charge >= 0.3 is 0 Å². The van der Waals surface area contributed by atoms with Gasteiger partial charge in [-0.05, 0) is 36.2 Å². The van der Waals surface area contributed by atoms with E-state index in [1.165, 1.54) is 5.56 Å². The van der Waals surface area contributed by atoms with E-state index in [1.807, 2.05) is 49.4 Å². The molecule has 0 amide bonds. The summed E-state index contributed by atoms with van der Waals surface area (Å²) in [5.74, 6) is 2.00. The molecular weight excluding hydrogens is 308 g/mol. The summed E-state index contributed by atoms with van der Waals surface area (Å²) in [6.45, 7) is 1.88. The van der Waals surface area contributed by atoms with Crippen LogP contribution in [0.2, 0.25) is 0 Å².